The third kappa shape index (κ3) is 1.95. The third-order valence-electron chi connectivity index (χ3n) is 2.70. The maximum atomic E-state index is 4.57. The first kappa shape index (κ1) is 10.8. The molecule has 1 N–H and O–H groups in total. The number of nitrogens with zero attached hydrogens (tertiary/aromatic N) is 2. The molecule has 0 saturated carbocycles. The number of hydrogen-bond acceptors (Lipinski definition) is 3. The minimum absolute atomic E-state index is 0.796. The van der Waals surface area contributed by atoms with Gasteiger partial charge in [0.1, 0.15) is 5.82 Å². The Hall–Kier alpha value is -2.29. The van der Waals surface area contributed by atoms with Crippen molar-refractivity contribution in [2.45, 2.75) is 0 Å². The molecule has 1 aromatic heterocycles. The van der Waals surface area contributed by atoms with Crippen LogP contribution in [0, 0.1) is 0 Å². The molecule has 0 aliphatic rings. The number of isothiocyanates is 1. The van der Waals surface area contributed by atoms with E-state index in [1.807, 2.05) is 48.5 Å². The predicted molar refractivity (Wildman–Crippen MR) is 76.2 cm³/mol. The van der Waals surface area contributed by atoms with E-state index in [0.29, 0.717) is 0 Å². The highest BCUT2D eigenvalue weighted by molar-refractivity contribution is 7.78. The zero-order valence-electron chi connectivity index (χ0n) is 9.42. The molecule has 0 saturated heterocycles. The van der Waals surface area contributed by atoms with Gasteiger partial charge in [0.05, 0.1) is 21.9 Å². The van der Waals surface area contributed by atoms with Gasteiger partial charge in [0.2, 0.25) is 0 Å². The van der Waals surface area contributed by atoms with Gasteiger partial charge in [-0.1, -0.05) is 12.1 Å². The lowest BCUT2D eigenvalue weighted by Crippen LogP contribution is -1.78. The van der Waals surface area contributed by atoms with Crippen LogP contribution >= 0.6 is 12.2 Å². The largest absolute Gasteiger partial charge is 0.338 e. The number of para-hydroxylation sites is 2. The molecule has 0 spiro atoms. The maximum Gasteiger partial charge on any atom is 0.138 e. The lowest BCUT2D eigenvalue weighted by molar-refractivity contribution is 1.33. The van der Waals surface area contributed by atoms with E-state index in [0.717, 1.165) is 28.1 Å². The normalized spacial score (nSPS) is 10.2. The number of imidazole rings is 1. The molecule has 0 amide bonds. The van der Waals surface area contributed by atoms with Gasteiger partial charge in [0.15, 0.2) is 0 Å². The van der Waals surface area contributed by atoms with E-state index in [1.54, 1.807) is 0 Å². The van der Waals surface area contributed by atoms with Crippen LogP contribution in [0.1, 0.15) is 0 Å². The minimum Gasteiger partial charge on any atom is -0.338 e. The van der Waals surface area contributed by atoms with E-state index in [4.69, 9.17) is 0 Å². The zero-order chi connectivity index (χ0) is 12.4. The van der Waals surface area contributed by atoms with Gasteiger partial charge in [0, 0.05) is 5.56 Å². The fraction of sp³-hybridized carbons (Fsp3) is 0. The molecule has 18 heavy (non-hydrogen) atoms. The van der Waals surface area contributed by atoms with Crippen LogP contribution in [-0.2, 0) is 0 Å². The molecule has 0 fully saturated rings. The molecule has 1 heterocycles. The Bertz CT molecular complexity index is 704. The van der Waals surface area contributed by atoms with Gasteiger partial charge in [-0.3, -0.25) is 0 Å². The monoisotopic (exact) mass is 251 g/mol. The Morgan fingerprint density at radius 2 is 1.83 bits per heavy atom. The van der Waals surface area contributed by atoms with Crippen molar-refractivity contribution in [3.8, 4) is 11.4 Å². The van der Waals surface area contributed by atoms with Crippen molar-refractivity contribution in [3.05, 3.63) is 48.5 Å². The number of aromatic amines is 1. The fourth-order valence-corrected chi connectivity index (χ4v) is 1.94. The highest BCUT2D eigenvalue weighted by Crippen LogP contribution is 2.22. The lowest BCUT2D eigenvalue weighted by Gasteiger charge is -1.96. The molecule has 3 nitrogen and oxygen atoms in total. The summed E-state index contributed by atoms with van der Waals surface area (Å²) in [6, 6.07) is 15.7. The number of nitrogens with one attached hydrogen (secondary N) is 1. The van der Waals surface area contributed by atoms with Crippen molar-refractivity contribution in [3.63, 3.8) is 0 Å². The Morgan fingerprint density at radius 1 is 1.06 bits per heavy atom. The molecule has 3 rings (SSSR count). The van der Waals surface area contributed by atoms with Crippen molar-refractivity contribution < 1.29 is 0 Å². The first-order chi connectivity index (χ1) is 8.86. The second-order valence-electron chi connectivity index (χ2n) is 3.85. The van der Waals surface area contributed by atoms with Crippen molar-refractivity contribution in [1.82, 2.24) is 9.97 Å². The van der Waals surface area contributed by atoms with Crippen molar-refractivity contribution >= 4 is 34.1 Å². The summed E-state index contributed by atoms with van der Waals surface area (Å²) in [6.45, 7) is 0. The van der Waals surface area contributed by atoms with Crippen LogP contribution in [0.4, 0.5) is 5.69 Å². The topological polar surface area (TPSA) is 41.0 Å². The molecular formula is C14H9N3S. The number of fused-ring (bicyclic) bond motifs is 1. The van der Waals surface area contributed by atoms with Gasteiger partial charge < -0.3 is 4.98 Å². The van der Waals surface area contributed by atoms with Crippen LogP contribution in [0.3, 0.4) is 0 Å². The lowest BCUT2D eigenvalue weighted by atomic mass is 10.2. The van der Waals surface area contributed by atoms with Crippen LogP contribution in [0.25, 0.3) is 22.4 Å². The first-order valence-corrected chi connectivity index (χ1v) is 5.91. The Kier molecular flexibility index (Phi) is 2.73. The molecule has 0 radical (unpaired) electrons. The van der Waals surface area contributed by atoms with Gasteiger partial charge in [-0.15, -0.1) is 0 Å². The van der Waals surface area contributed by atoms with E-state index < -0.39 is 0 Å². The summed E-state index contributed by atoms with van der Waals surface area (Å²) in [5.41, 5.74) is 3.82. The number of H-pyrrole nitrogens is 1. The standard InChI is InChI=1S/C14H9N3S/c18-9-15-11-7-5-10(6-8-11)14-16-12-3-1-2-4-13(12)17-14/h1-8H,(H,16,17). The molecule has 0 aliphatic carbocycles. The number of hydrogen-bond donors (Lipinski definition) is 1. The Morgan fingerprint density at radius 3 is 2.56 bits per heavy atom. The maximum absolute atomic E-state index is 4.57. The Labute approximate surface area is 109 Å². The molecular weight excluding hydrogens is 242 g/mol. The van der Waals surface area contributed by atoms with Gasteiger partial charge in [0.25, 0.3) is 0 Å². The number of aliphatic imine (C=N–C) groups is 1. The summed E-state index contributed by atoms with van der Waals surface area (Å²) in [6.07, 6.45) is 0. The predicted octanol–water partition coefficient (Wildman–Crippen LogP) is 3.96. The van der Waals surface area contributed by atoms with E-state index in [-0.39, 0.29) is 0 Å². The van der Waals surface area contributed by atoms with Crippen molar-refractivity contribution in [2.24, 2.45) is 4.99 Å². The highest BCUT2D eigenvalue weighted by atomic mass is 32.1. The molecule has 0 unspecified atom stereocenters. The summed E-state index contributed by atoms with van der Waals surface area (Å²) in [5.74, 6) is 0.856. The summed E-state index contributed by atoms with van der Waals surface area (Å²) in [4.78, 5) is 11.7. The second-order valence-corrected chi connectivity index (χ2v) is 4.04. The first-order valence-electron chi connectivity index (χ1n) is 5.50. The molecule has 2 aromatic carbocycles. The average molecular weight is 251 g/mol. The number of thiocarbonyl (C=S) groups is 1. The SMILES string of the molecule is S=C=Nc1ccc(-c2nc3ccccc3[nH]2)cc1. The molecule has 0 atom stereocenters. The van der Waals surface area contributed by atoms with Crippen LogP contribution in [0.2, 0.25) is 0 Å². The summed E-state index contributed by atoms with van der Waals surface area (Å²) < 4.78 is 0. The van der Waals surface area contributed by atoms with Crippen LogP contribution in [0.15, 0.2) is 53.5 Å². The molecule has 3 aromatic rings. The van der Waals surface area contributed by atoms with Crippen molar-refractivity contribution in [2.75, 3.05) is 0 Å². The third-order valence-corrected chi connectivity index (χ3v) is 2.80. The van der Waals surface area contributed by atoms with E-state index in [2.05, 4.69) is 32.3 Å². The van der Waals surface area contributed by atoms with Crippen LogP contribution in [0.5, 0.6) is 0 Å². The van der Waals surface area contributed by atoms with E-state index in [9.17, 15) is 0 Å². The summed E-state index contributed by atoms with van der Waals surface area (Å²) in [7, 11) is 0. The van der Waals surface area contributed by atoms with Crippen molar-refractivity contribution in [1.29, 1.82) is 0 Å². The van der Waals surface area contributed by atoms with Gasteiger partial charge in [-0.05, 0) is 48.6 Å². The number of aromatic nitrogens is 2. The molecule has 0 aliphatic heterocycles. The van der Waals surface area contributed by atoms with Crippen LogP contribution in [-0.4, -0.2) is 15.1 Å². The van der Waals surface area contributed by atoms with Gasteiger partial charge in [-0.2, -0.15) is 4.99 Å². The van der Waals surface area contributed by atoms with Gasteiger partial charge >= 0.3 is 0 Å². The number of benzene rings is 2. The average Bonchev–Trinajstić information content (AvgIpc) is 2.84. The minimum atomic E-state index is 0.796. The number of rotatable bonds is 2. The molecule has 0 bridgehead atoms. The van der Waals surface area contributed by atoms with E-state index in [1.165, 1.54) is 0 Å². The highest BCUT2D eigenvalue weighted by Gasteiger charge is 2.04. The second kappa shape index (κ2) is 4.53. The fourth-order valence-electron chi connectivity index (χ4n) is 1.84. The quantitative estimate of drug-likeness (QED) is 0.553. The summed E-state index contributed by atoms with van der Waals surface area (Å²) in [5, 5.41) is 2.35. The molecule has 86 valence electrons. The Balaban J connectivity index is 2.05. The van der Waals surface area contributed by atoms with E-state index >= 15 is 0 Å². The zero-order valence-corrected chi connectivity index (χ0v) is 10.2. The summed E-state index contributed by atoms with van der Waals surface area (Å²) >= 11 is 4.57. The molecule has 4 heteroatoms. The van der Waals surface area contributed by atoms with Crippen LogP contribution < -0.4 is 0 Å². The van der Waals surface area contributed by atoms with Gasteiger partial charge in [-0.25, -0.2) is 4.98 Å². The smallest absolute Gasteiger partial charge is 0.138 e.